The van der Waals surface area contributed by atoms with Crippen molar-refractivity contribution < 1.29 is 14.4 Å². The summed E-state index contributed by atoms with van der Waals surface area (Å²) in [7, 11) is 0. The molecule has 0 fully saturated rings. The van der Waals surface area contributed by atoms with E-state index < -0.39 is 0 Å². The van der Waals surface area contributed by atoms with Crippen LogP contribution in [0.1, 0.15) is 39.5 Å². The number of hydrogen-bond acceptors (Lipinski definition) is 3. The number of hydrogen-bond donors (Lipinski definition) is 2. The van der Waals surface area contributed by atoms with Crippen molar-refractivity contribution in [3.8, 4) is 0 Å². The number of rotatable bonds is 8. The fourth-order valence-electron chi connectivity index (χ4n) is 1.10. The molecule has 2 N–H and O–H groups in total. The molecule has 0 spiro atoms. The quantitative estimate of drug-likeness (QED) is 0.631. The zero-order chi connectivity index (χ0) is 12.4. The average Bonchev–Trinajstić information content (AvgIpc) is 2.17. The number of ketones is 1. The van der Waals surface area contributed by atoms with E-state index in [1.54, 1.807) is 0 Å². The standard InChI is InChI=1S/C11H20N2O3/c1-3-4-10(15)13-8-6-11(16)12-7-5-9(2)14/h3-8H2,1-2H3,(H,12,16)(H,13,15). The molecule has 0 aromatic rings. The lowest BCUT2D eigenvalue weighted by Crippen LogP contribution is -2.31. The number of carbonyl (C=O) groups excluding carboxylic acids is 3. The molecule has 0 aliphatic heterocycles. The van der Waals surface area contributed by atoms with Gasteiger partial charge in [0.2, 0.25) is 11.8 Å². The van der Waals surface area contributed by atoms with Crippen LogP contribution in [0.15, 0.2) is 0 Å². The smallest absolute Gasteiger partial charge is 0.221 e. The zero-order valence-electron chi connectivity index (χ0n) is 9.97. The van der Waals surface area contributed by atoms with Crippen molar-refractivity contribution in [3.63, 3.8) is 0 Å². The Bertz CT molecular complexity index is 252. The fraction of sp³-hybridized carbons (Fsp3) is 0.727. The third-order valence-corrected chi connectivity index (χ3v) is 1.95. The van der Waals surface area contributed by atoms with Crippen molar-refractivity contribution >= 4 is 17.6 Å². The summed E-state index contributed by atoms with van der Waals surface area (Å²) in [6.45, 7) is 4.13. The number of Topliss-reactive ketones (excluding diaryl/α,β-unsaturated/α-hetero) is 1. The first-order valence-electron chi connectivity index (χ1n) is 5.59. The molecule has 0 radical (unpaired) electrons. The molecule has 0 heterocycles. The molecule has 0 unspecified atom stereocenters. The lowest BCUT2D eigenvalue weighted by Gasteiger charge is -2.05. The normalized spacial score (nSPS) is 9.62. The summed E-state index contributed by atoms with van der Waals surface area (Å²) in [6.07, 6.45) is 1.91. The summed E-state index contributed by atoms with van der Waals surface area (Å²) < 4.78 is 0. The van der Waals surface area contributed by atoms with Crippen LogP contribution in [0.4, 0.5) is 0 Å². The van der Waals surface area contributed by atoms with E-state index in [2.05, 4.69) is 10.6 Å². The maximum absolute atomic E-state index is 11.2. The molecule has 0 rings (SSSR count). The molecule has 0 aliphatic carbocycles. The maximum Gasteiger partial charge on any atom is 0.221 e. The van der Waals surface area contributed by atoms with Gasteiger partial charge in [-0.05, 0) is 13.3 Å². The van der Waals surface area contributed by atoms with Gasteiger partial charge in [0, 0.05) is 32.4 Å². The van der Waals surface area contributed by atoms with Crippen molar-refractivity contribution in [1.29, 1.82) is 0 Å². The van der Waals surface area contributed by atoms with Crippen LogP contribution >= 0.6 is 0 Å². The average molecular weight is 228 g/mol. The van der Waals surface area contributed by atoms with E-state index in [9.17, 15) is 14.4 Å². The van der Waals surface area contributed by atoms with Crippen LogP contribution < -0.4 is 10.6 Å². The molecule has 0 bridgehead atoms. The van der Waals surface area contributed by atoms with Crippen molar-refractivity contribution in [2.75, 3.05) is 13.1 Å². The first-order valence-corrected chi connectivity index (χ1v) is 5.59. The highest BCUT2D eigenvalue weighted by atomic mass is 16.2. The Balaban J connectivity index is 3.43. The third kappa shape index (κ3) is 9.18. The van der Waals surface area contributed by atoms with E-state index >= 15 is 0 Å². The SMILES string of the molecule is CCCC(=O)NCCC(=O)NCCC(C)=O. The van der Waals surface area contributed by atoms with E-state index in [1.807, 2.05) is 6.92 Å². The van der Waals surface area contributed by atoms with Crippen molar-refractivity contribution in [2.24, 2.45) is 0 Å². The number of amides is 2. The summed E-state index contributed by atoms with van der Waals surface area (Å²) in [6, 6.07) is 0. The summed E-state index contributed by atoms with van der Waals surface area (Å²) in [5.74, 6) is -0.117. The van der Waals surface area contributed by atoms with Crippen LogP contribution in [0.2, 0.25) is 0 Å². The fourth-order valence-corrected chi connectivity index (χ4v) is 1.10. The van der Waals surface area contributed by atoms with Crippen molar-refractivity contribution in [2.45, 2.75) is 39.5 Å². The minimum atomic E-state index is -0.141. The second kappa shape index (κ2) is 8.88. The summed E-state index contributed by atoms with van der Waals surface area (Å²) in [4.78, 5) is 32.8. The molecule has 0 atom stereocenters. The van der Waals surface area contributed by atoms with Gasteiger partial charge in [-0.15, -0.1) is 0 Å². The Kier molecular flexibility index (Phi) is 8.11. The predicted octanol–water partition coefficient (Wildman–Crippen LogP) is 0.388. The summed E-state index contributed by atoms with van der Waals surface area (Å²) >= 11 is 0. The van der Waals surface area contributed by atoms with Gasteiger partial charge in [-0.25, -0.2) is 0 Å². The van der Waals surface area contributed by atoms with Crippen molar-refractivity contribution in [1.82, 2.24) is 10.6 Å². The topological polar surface area (TPSA) is 75.3 Å². The molecule has 5 heteroatoms. The van der Waals surface area contributed by atoms with Crippen LogP contribution in [0.5, 0.6) is 0 Å². The van der Waals surface area contributed by atoms with Gasteiger partial charge in [0.25, 0.3) is 0 Å². The van der Waals surface area contributed by atoms with Crippen LogP contribution in [0, 0.1) is 0 Å². The zero-order valence-corrected chi connectivity index (χ0v) is 9.97. The van der Waals surface area contributed by atoms with E-state index in [4.69, 9.17) is 0 Å². The molecule has 0 aromatic carbocycles. The minimum Gasteiger partial charge on any atom is -0.356 e. The molecule has 92 valence electrons. The Labute approximate surface area is 96.0 Å². The first-order chi connectivity index (χ1) is 7.56. The van der Waals surface area contributed by atoms with Crippen LogP contribution in [-0.4, -0.2) is 30.7 Å². The van der Waals surface area contributed by atoms with Gasteiger partial charge in [-0.3, -0.25) is 14.4 Å². The Morgan fingerprint density at radius 3 is 1.88 bits per heavy atom. The van der Waals surface area contributed by atoms with E-state index in [0.717, 1.165) is 6.42 Å². The molecule has 0 saturated carbocycles. The first kappa shape index (κ1) is 14.6. The third-order valence-electron chi connectivity index (χ3n) is 1.95. The number of carbonyl (C=O) groups is 3. The highest BCUT2D eigenvalue weighted by Crippen LogP contribution is 1.86. The molecule has 2 amide bonds. The molecular formula is C11H20N2O3. The van der Waals surface area contributed by atoms with Gasteiger partial charge in [-0.1, -0.05) is 6.92 Å². The molecule has 0 aromatic heterocycles. The molecule has 0 saturated heterocycles. The Hall–Kier alpha value is -1.39. The molecule has 5 nitrogen and oxygen atoms in total. The molecular weight excluding hydrogens is 208 g/mol. The van der Waals surface area contributed by atoms with Crippen LogP contribution in [-0.2, 0) is 14.4 Å². The Morgan fingerprint density at radius 1 is 0.875 bits per heavy atom. The molecule has 16 heavy (non-hydrogen) atoms. The van der Waals surface area contributed by atoms with E-state index in [-0.39, 0.29) is 24.0 Å². The van der Waals surface area contributed by atoms with Gasteiger partial charge in [0.15, 0.2) is 0 Å². The lowest BCUT2D eigenvalue weighted by molar-refractivity contribution is -0.122. The highest BCUT2D eigenvalue weighted by molar-refractivity contribution is 5.80. The highest BCUT2D eigenvalue weighted by Gasteiger charge is 2.03. The van der Waals surface area contributed by atoms with Gasteiger partial charge in [0.05, 0.1) is 0 Å². The van der Waals surface area contributed by atoms with E-state index in [1.165, 1.54) is 6.92 Å². The number of nitrogens with one attached hydrogen (secondary N) is 2. The van der Waals surface area contributed by atoms with E-state index in [0.29, 0.717) is 25.9 Å². The van der Waals surface area contributed by atoms with Crippen LogP contribution in [0.25, 0.3) is 0 Å². The van der Waals surface area contributed by atoms with Gasteiger partial charge >= 0.3 is 0 Å². The van der Waals surface area contributed by atoms with Gasteiger partial charge in [-0.2, -0.15) is 0 Å². The second-order valence-corrected chi connectivity index (χ2v) is 3.65. The second-order valence-electron chi connectivity index (χ2n) is 3.65. The minimum absolute atomic E-state index is 0.0287. The van der Waals surface area contributed by atoms with Gasteiger partial charge in [0.1, 0.15) is 5.78 Å². The summed E-state index contributed by atoms with van der Waals surface area (Å²) in [5, 5.41) is 5.26. The van der Waals surface area contributed by atoms with Crippen LogP contribution in [0.3, 0.4) is 0 Å². The van der Waals surface area contributed by atoms with Gasteiger partial charge < -0.3 is 10.6 Å². The monoisotopic (exact) mass is 228 g/mol. The van der Waals surface area contributed by atoms with Crippen molar-refractivity contribution in [3.05, 3.63) is 0 Å². The maximum atomic E-state index is 11.2. The summed E-state index contributed by atoms with van der Waals surface area (Å²) in [5.41, 5.74) is 0. The Morgan fingerprint density at radius 2 is 1.38 bits per heavy atom. The largest absolute Gasteiger partial charge is 0.356 e. The predicted molar refractivity (Wildman–Crippen MR) is 60.8 cm³/mol. The molecule has 0 aliphatic rings. The lowest BCUT2D eigenvalue weighted by atomic mass is 10.3.